The van der Waals surface area contributed by atoms with Gasteiger partial charge in [0, 0.05) is 17.3 Å². The fourth-order valence-electron chi connectivity index (χ4n) is 2.96. The minimum absolute atomic E-state index is 0. The Labute approximate surface area is 147 Å². The van der Waals surface area contributed by atoms with Crippen LogP contribution in [0.3, 0.4) is 0 Å². The average molecular weight is 353 g/mol. The van der Waals surface area contributed by atoms with Crippen molar-refractivity contribution in [2.24, 2.45) is 5.92 Å². The van der Waals surface area contributed by atoms with Gasteiger partial charge in [-0.15, -0.1) is 12.4 Å². The van der Waals surface area contributed by atoms with E-state index in [0.29, 0.717) is 11.4 Å². The quantitative estimate of drug-likeness (QED) is 0.892. The number of amides is 1. The second-order valence-corrected chi connectivity index (χ2v) is 6.02. The van der Waals surface area contributed by atoms with E-state index in [1.165, 1.54) is 6.07 Å². The monoisotopic (exact) mass is 352 g/mol. The molecule has 130 valence electrons. The van der Waals surface area contributed by atoms with Gasteiger partial charge in [0.25, 0.3) is 0 Å². The Morgan fingerprint density at radius 1 is 1.29 bits per heavy atom. The van der Waals surface area contributed by atoms with Crippen molar-refractivity contribution in [3.8, 4) is 5.69 Å². The predicted octanol–water partition coefficient (Wildman–Crippen LogP) is 2.99. The molecule has 2 N–H and O–H groups in total. The number of halogens is 2. The Bertz CT molecular complexity index is 725. The van der Waals surface area contributed by atoms with Crippen molar-refractivity contribution in [3.05, 3.63) is 41.5 Å². The molecule has 0 aliphatic carbocycles. The smallest absolute Gasteiger partial charge is 0.227 e. The molecule has 1 saturated heterocycles. The fourth-order valence-corrected chi connectivity index (χ4v) is 2.96. The van der Waals surface area contributed by atoms with Gasteiger partial charge in [0.15, 0.2) is 5.82 Å². The van der Waals surface area contributed by atoms with Gasteiger partial charge in [-0.2, -0.15) is 5.10 Å². The van der Waals surface area contributed by atoms with Crippen molar-refractivity contribution in [2.45, 2.75) is 26.7 Å². The van der Waals surface area contributed by atoms with Crippen LogP contribution in [0.25, 0.3) is 5.69 Å². The average Bonchev–Trinajstić information content (AvgIpc) is 2.87. The first-order valence-electron chi connectivity index (χ1n) is 7.89. The van der Waals surface area contributed by atoms with Crippen molar-refractivity contribution in [1.82, 2.24) is 15.1 Å². The van der Waals surface area contributed by atoms with Gasteiger partial charge in [0.1, 0.15) is 5.69 Å². The fraction of sp³-hybridized carbons (Fsp3) is 0.412. The molecule has 1 aliphatic rings. The highest BCUT2D eigenvalue weighted by atomic mass is 35.5. The molecule has 2 heterocycles. The Morgan fingerprint density at radius 3 is 2.58 bits per heavy atom. The van der Waals surface area contributed by atoms with Crippen molar-refractivity contribution in [2.75, 3.05) is 18.4 Å². The minimum atomic E-state index is -0.403. The summed E-state index contributed by atoms with van der Waals surface area (Å²) in [7, 11) is 0. The van der Waals surface area contributed by atoms with Crippen LogP contribution in [-0.2, 0) is 4.79 Å². The highest BCUT2D eigenvalue weighted by molar-refractivity contribution is 5.92. The lowest BCUT2D eigenvalue weighted by Crippen LogP contribution is -2.34. The van der Waals surface area contributed by atoms with E-state index in [1.807, 2.05) is 19.9 Å². The summed E-state index contributed by atoms with van der Waals surface area (Å²) < 4.78 is 16.0. The molecule has 2 aromatic rings. The van der Waals surface area contributed by atoms with Gasteiger partial charge in [-0.1, -0.05) is 0 Å². The first-order chi connectivity index (χ1) is 11.0. The zero-order chi connectivity index (χ0) is 16.4. The summed E-state index contributed by atoms with van der Waals surface area (Å²) in [6.07, 6.45) is 1.64. The van der Waals surface area contributed by atoms with E-state index in [1.54, 1.807) is 16.8 Å². The number of nitrogens with one attached hydrogen (secondary N) is 2. The molecular formula is C17H22ClFN4O. The summed E-state index contributed by atoms with van der Waals surface area (Å²) in [6, 6.07) is 6.61. The van der Waals surface area contributed by atoms with Crippen LogP contribution in [0.15, 0.2) is 24.3 Å². The summed E-state index contributed by atoms with van der Waals surface area (Å²) in [5.41, 5.74) is 2.57. The Kier molecular flexibility index (Phi) is 5.96. The van der Waals surface area contributed by atoms with Crippen LogP contribution in [-0.4, -0.2) is 28.8 Å². The van der Waals surface area contributed by atoms with Crippen LogP contribution in [0, 0.1) is 25.6 Å². The van der Waals surface area contributed by atoms with E-state index >= 15 is 0 Å². The van der Waals surface area contributed by atoms with Crippen LogP contribution >= 0.6 is 12.4 Å². The van der Waals surface area contributed by atoms with Crippen LogP contribution in [0.4, 0.5) is 10.1 Å². The zero-order valence-corrected chi connectivity index (χ0v) is 14.6. The second-order valence-electron chi connectivity index (χ2n) is 6.02. The van der Waals surface area contributed by atoms with Crippen molar-refractivity contribution >= 4 is 24.0 Å². The normalized spacial score (nSPS) is 15.0. The maximum absolute atomic E-state index is 14.4. The lowest BCUT2D eigenvalue weighted by molar-refractivity contribution is -0.120. The Morgan fingerprint density at radius 2 is 2.00 bits per heavy atom. The maximum atomic E-state index is 14.4. The van der Waals surface area contributed by atoms with Crippen molar-refractivity contribution < 1.29 is 9.18 Å². The van der Waals surface area contributed by atoms with Gasteiger partial charge in [0.2, 0.25) is 5.91 Å². The third-order valence-corrected chi connectivity index (χ3v) is 4.16. The van der Waals surface area contributed by atoms with E-state index in [9.17, 15) is 9.18 Å². The lowest BCUT2D eigenvalue weighted by atomic mass is 9.97. The summed E-state index contributed by atoms with van der Waals surface area (Å²) in [6.45, 7) is 5.45. The van der Waals surface area contributed by atoms with E-state index in [2.05, 4.69) is 15.7 Å². The molecule has 5 nitrogen and oxygen atoms in total. The number of hydrogen-bond donors (Lipinski definition) is 2. The Balaban J connectivity index is 0.00000208. The van der Waals surface area contributed by atoms with Gasteiger partial charge in [-0.3, -0.25) is 4.79 Å². The molecule has 1 fully saturated rings. The third kappa shape index (κ3) is 3.94. The molecule has 0 radical (unpaired) electrons. The van der Waals surface area contributed by atoms with Gasteiger partial charge < -0.3 is 10.6 Å². The molecule has 0 saturated carbocycles. The number of benzene rings is 1. The molecule has 0 spiro atoms. The van der Waals surface area contributed by atoms with Crippen LogP contribution < -0.4 is 10.6 Å². The number of nitrogens with zero attached hydrogens (tertiary/aromatic N) is 2. The molecule has 0 bridgehead atoms. The van der Waals surface area contributed by atoms with E-state index in [0.717, 1.165) is 37.3 Å². The van der Waals surface area contributed by atoms with Gasteiger partial charge in [-0.05, 0) is 64.0 Å². The van der Waals surface area contributed by atoms with E-state index < -0.39 is 5.82 Å². The van der Waals surface area contributed by atoms with Gasteiger partial charge >= 0.3 is 0 Å². The zero-order valence-electron chi connectivity index (χ0n) is 13.8. The molecule has 1 aliphatic heterocycles. The highest BCUT2D eigenvalue weighted by Crippen LogP contribution is 2.21. The van der Waals surface area contributed by atoms with E-state index in [4.69, 9.17) is 0 Å². The SMILES string of the molecule is Cc1cc(C)n(-c2ccc(NC(=O)C3CCNCC3)cc2F)n1.Cl. The number of piperidine rings is 1. The molecular weight excluding hydrogens is 331 g/mol. The van der Waals surface area contributed by atoms with Gasteiger partial charge in [0.05, 0.1) is 5.69 Å². The molecule has 3 rings (SSSR count). The lowest BCUT2D eigenvalue weighted by Gasteiger charge is -2.21. The topological polar surface area (TPSA) is 59.0 Å². The number of rotatable bonds is 3. The van der Waals surface area contributed by atoms with Crippen LogP contribution in [0.5, 0.6) is 0 Å². The van der Waals surface area contributed by atoms with Crippen LogP contribution in [0.2, 0.25) is 0 Å². The second kappa shape index (κ2) is 7.77. The van der Waals surface area contributed by atoms with E-state index in [-0.39, 0.29) is 24.2 Å². The van der Waals surface area contributed by atoms with Crippen molar-refractivity contribution in [1.29, 1.82) is 0 Å². The minimum Gasteiger partial charge on any atom is -0.326 e. The summed E-state index contributed by atoms with van der Waals surface area (Å²) in [5.74, 6) is -0.445. The van der Waals surface area contributed by atoms with Gasteiger partial charge in [-0.25, -0.2) is 9.07 Å². The number of hydrogen-bond acceptors (Lipinski definition) is 3. The predicted molar refractivity (Wildman–Crippen MR) is 94.5 cm³/mol. The number of aromatic nitrogens is 2. The molecule has 1 aromatic heterocycles. The van der Waals surface area contributed by atoms with Crippen LogP contribution in [0.1, 0.15) is 24.2 Å². The van der Waals surface area contributed by atoms with Crippen molar-refractivity contribution in [3.63, 3.8) is 0 Å². The Hall–Kier alpha value is -1.92. The number of carbonyl (C=O) groups is 1. The highest BCUT2D eigenvalue weighted by Gasteiger charge is 2.21. The number of aryl methyl sites for hydroxylation is 2. The summed E-state index contributed by atoms with van der Waals surface area (Å²) >= 11 is 0. The maximum Gasteiger partial charge on any atom is 0.227 e. The number of carbonyl (C=O) groups excluding carboxylic acids is 1. The molecule has 1 aromatic carbocycles. The standard InChI is InChI=1S/C17H21FN4O.ClH/c1-11-9-12(2)22(21-11)16-4-3-14(10-15(16)18)20-17(23)13-5-7-19-8-6-13;/h3-4,9-10,13,19H,5-8H2,1-2H3,(H,20,23);1H. The molecule has 24 heavy (non-hydrogen) atoms. The first kappa shape index (κ1) is 18.4. The summed E-state index contributed by atoms with van der Waals surface area (Å²) in [5, 5.41) is 10.3. The molecule has 0 unspecified atom stereocenters. The first-order valence-corrected chi connectivity index (χ1v) is 7.89. The molecule has 7 heteroatoms. The number of anilines is 1. The largest absolute Gasteiger partial charge is 0.326 e. The molecule has 0 atom stereocenters. The summed E-state index contributed by atoms with van der Waals surface area (Å²) in [4.78, 5) is 12.2. The third-order valence-electron chi connectivity index (χ3n) is 4.16. The molecule has 1 amide bonds.